The van der Waals surface area contributed by atoms with Crippen molar-refractivity contribution >= 4 is 0 Å². The summed E-state index contributed by atoms with van der Waals surface area (Å²) in [4.78, 5) is 0. The molecule has 1 unspecified atom stereocenters. The standard InChI is InChI=1S/C15H20N2O/c1-10(2)11-4-5-12(13(8-11)18-3)14(17)15(9-16)6-7-15/h4-5,8,10,14H,6-7,17H2,1-3H3. The lowest BCUT2D eigenvalue weighted by molar-refractivity contribution is 0.395. The van der Waals surface area contributed by atoms with Crippen LogP contribution in [0.1, 0.15) is 49.8 Å². The van der Waals surface area contributed by atoms with Crippen molar-refractivity contribution in [3.63, 3.8) is 0 Å². The number of nitriles is 1. The summed E-state index contributed by atoms with van der Waals surface area (Å²) < 4.78 is 5.44. The van der Waals surface area contributed by atoms with Crippen molar-refractivity contribution in [3.8, 4) is 11.8 Å². The number of nitrogens with zero attached hydrogens (tertiary/aromatic N) is 1. The van der Waals surface area contributed by atoms with Gasteiger partial charge in [0.25, 0.3) is 0 Å². The average Bonchev–Trinajstić information content (AvgIpc) is 3.18. The van der Waals surface area contributed by atoms with E-state index in [9.17, 15) is 5.26 Å². The van der Waals surface area contributed by atoms with Crippen molar-refractivity contribution in [1.82, 2.24) is 0 Å². The molecule has 0 radical (unpaired) electrons. The van der Waals surface area contributed by atoms with Crippen LogP contribution in [0, 0.1) is 16.7 Å². The summed E-state index contributed by atoms with van der Waals surface area (Å²) in [6.45, 7) is 4.29. The molecule has 0 saturated heterocycles. The Labute approximate surface area is 109 Å². The normalized spacial score (nSPS) is 18.2. The summed E-state index contributed by atoms with van der Waals surface area (Å²) in [5.74, 6) is 1.25. The van der Waals surface area contributed by atoms with E-state index in [1.807, 2.05) is 12.1 Å². The van der Waals surface area contributed by atoms with Gasteiger partial charge in [0.05, 0.1) is 24.6 Å². The van der Waals surface area contributed by atoms with E-state index in [0.29, 0.717) is 5.92 Å². The monoisotopic (exact) mass is 244 g/mol. The molecule has 1 fully saturated rings. The summed E-state index contributed by atoms with van der Waals surface area (Å²) in [6, 6.07) is 8.23. The minimum Gasteiger partial charge on any atom is -0.496 e. The molecule has 0 bridgehead atoms. The van der Waals surface area contributed by atoms with Gasteiger partial charge < -0.3 is 10.5 Å². The quantitative estimate of drug-likeness (QED) is 0.885. The summed E-state index contributed by atoms with van der Waals surface area (Å²) in [6.07, 6.45) is 1.78. The van der Waals surface area contributed by atoms with Gasteiger partial charge in [0.1, 0.15) is 5.75 Å². The molecule has 0 aliphatic heterocycles. The first kappa shape index (κ1) is 12.9. The molecule has 18 heavy (non-hydrogen) atoms. The second kappa shape index (κ2) is 4.62. The largest absolute Gasteiger partial charge is 0.496 e. The molecule has 2 N–H and O–H groups in total. The van der Waals surface area contributed by atoms with E-state index < -0.39 is 0 Å². The van der Waals surface area contributed by atoms with Crippen molar-refractivity contribution in [2.24, 2.45) is 11.1 Å². The number of benzene rings is 1. The number of rotatable bonds is 4. The Kier molecular flexibility index (Phi) is 3.32. The molecule has 3 nitrogen and oxygen atoms in total. The van der Waals surface area contributed by atoms with Crippen LogP contribution in [0.4, 0.5) is 0 Å². The smallest absolute Gasteiger partial charge is 0.123 e. The highest BCUT2D eigenvalue weighted by molar-refractivity contribution is 5.43. The van der Waals surface area contributed by atoms with E-state index in [1.54, 1.807) is 7.11 Å². The fraction of sp³-hybridized carbons (Fsp3) is 0.533. The topological polar surface area (TPSA) is 59.0 Å². The molecular weight excluding hydrogens is 224 g/mol. The predicted octanol–water partition coefficient (Wildman–Crippen LogP) is 3.12. The van der Waals surface area contributed by atoms with Crippen molar-refractivity contribution in [2.45, 2.75) is 38.6 Å². The lowest BCUT2D eigenvalue weighted by Crippen LogP contribution is -2.22. The van der Waals surface area contributed by atoms with Crippen LogP contribution in [-0.2, 0) is 0 Å². The first-order valence-electron chi connectivity index (χ1n) is 6.39. The van der Waals surface area contributed by atoms with Crippen molar-refractivity contribution < 1.29 is 4.74 Å². The molecule has 96 valence electrons. The first-order valence-corrected chi connectivity index (χ1v) is 6.39. The molecule has 0 amide bonds. The number of hydrogen-bond donors (Lipinski definition) is 1. The van der Waals surface area contributed by atoms with Crippen molar-refractivity contribution in [3.05, 3.63) is 29.3 Å². The zero-order valence-electron chi connectivity index (χ0n) is 11.2. The van der Waals surface area contributed by atoms with Gasteiger partial charge in [-0.3, -0.25) is 0 Å². The van der Waals surface area contributed by atoms with Gasteiger partial charge in [-0.25, -0.2) is 0 Å². The third-order valence-electron chi connectivity index (χ3n) is 3.87. The van der Waals surface area contributed by atoms with Crippen LogP contribution in [0.5, 0.6) is 5.75 Å². The van der Waals surface area contributed by atoms with Crippen LogP contribution < -0.4 is 10.5 Å². The van der Waals surface area contributed by atoms with E-state index in [0.717, 1.165) is 24.2 Å². The lowest BCUT2D eigenvalue weighted by Gasteiger charge is -2.21. The van der Waals surface area contributed by atoms with Crippen LogP contribution in [0.2, 0.25) is 0 Å². The average molecular weight is 244 g/mol. The summed E-state index contributed by atoms with van der Waals surface area (Å²) in [7, 11) is 1.65. The van der Waals surface area contributed by atoms with E-state index in [4.69, 9.17) is 10.5 Å². The molecule has 1 saturated carbocycles. The minimum atomic E-state index is -0.368. The molecule has 3 heteroatoms. The molecule has 1 aliphatic carbocycles. The molecule has 2 rings (SSSR count). The fourth-order valence-corrected chi connectivity index (χ4v) is 2.27. The van der Waals surface area contributed by atoms with Gasteiger partial charge in [0, 0.05) is 5.56 Å². The van der Waals surface area contributed by atoms with Gasteiger partial charge in [-0.05, 0) is 30.4 Å². The molecule has 0 spiro atoms. The lowest BCUT2D eigenvalue weighted by atomic mass is 9.89. The number of nitrogens with two attached hydrogens (primary N) is 1. The molecule has 1 aromatic rings. The minimum absolute atomic E-state index is 0.251. The third kappa shape index (κ3) is 2.09. The van der Waals surface area contributed by atoms with Gasteiger partial charge in [-0.2, -0.15) is 5.26 Å². The number of ether oxygens (including phenoxy) is 1. The van der Waals surface area contributed by atoms with Gasteiger partial charge in [0.2, 0.25) is 0 Å². The SMILES string of the molecule is COc1cc(C(C)C)ccc1C(N)C1(C#N)CC1. The van der Waals surface area contributed by atoms with Gasteiger partial charge in [0.15, 0.2) is 0 Å². The molecule has 0 aromatic heterocycles. The van der Waals surface area contributed by atoms with Crippen LogP contribution in [0.15, 0.2) is 18.2 Å². The van der Waals surface area contributed by atoms with Crippen molar-refractivity contribution in [1.29, 1.82) is 5.26 Å². The number of methoxy groups -OCH3 is 1. The maximum absolute atomic E-state index is 9.22. The van der Waals surface area contributed by atoms with Crippen LogP contribution in [0.25, 0.3) is 0 Å². The van der Waals surface area contributed by atoms with Crippen molar-refractivity contribution in [2.75, 3.05) is 7.11 Å². The van der Waals surface area contributed by atoms with E-state index >= 15 is 0 Å². The van der Waals surface area contributed by atoms with Gasteiger partial charge >= 0.3 is 0 Å². The molecular formula is C15H20N2O. The zero-order chi connectivity index (χ0) is 13.3. The highest BCUT2D eigenvalue weighted by atomic mass is 16.5. The highest BCUT2D eigenvalue weighted by Gasteiger charge is 2.49. The molecule has 1 atom stereocenters. The Hall–Kier alpha value is -1.53. The number of hydrogen-bond acceptors (Lipinski definition) is 3. The maximum atomic E-state index is 9.22. The van der Waals surface area contributed by atoms with Crippen LogP contribution >= 0.6 is 0 Å². The van der Waals surface area contributed by atoms with Crippen LogP contribution in [0.3, 0.4) is 0 Å². The van der Waals surface area contributed by atoms with Crippen LogP contribution in [-0.4, -0.2) is 7.11 Å². The van der Waals surface area contributed by atoms with E-state index in [1.165, 1.54) is 5.56 Å². The Bertz CT molecular complexity index is 484. The third-order valence-corrected chi connectivity index (χ3v) is 3.87. The molecule has 1 aromatic carbocycles. The second-order valence-corrected chi connectivity index (χ2v) is 5.40. The van der Waals surface area contributed by atoms with Gasteiger partial charge in [-0.15, -0.1) is 0 Å². The Morgan fingerprint density at radius 2 is 2.06 bits per heavy atom. The second-order valence-electron chi connectivity index (χ2n) is 5.40. The van der Waals surface area contributed by atoms with Gasteiger partial charge in [-0.1, -0.05) is 26.0 Å². The predicted molar refractivity (Wildman–Crippen MR) is 71.3 cm³/mol. The maximum Gasteiger partial charge on any atom is 0.123 e. The summed E-state index contributed by atoms with van der Waals surface area (Å²) in [5, 5.41) is 9.22. The first-order chi connectivity index (χ1) is 8.54. The summed E-state index contributed by atoms with van der Waals surface area (Å²) >= 11 is 0. The highest BCUT2D eigenvalue weighted by Crippen LogP contribution is 2.54. The van der Waals surface area contributed by atoms with E-state index in [2.05, 4.69) is 26.0 Å². The molecule has 1 aliphatic rings. The Morgan fingerprint density at radius 1 is 1.39 bits per heavy atom. The Morgan fingerprint density at radius 3 is 2.50 bits per heavy atom. The fourth-order valence-electron chi connectivity index (χ4n) is 2.27. The molecule has 0 heterocycles. The summed E-state index contributed by atoms with van der Waals surface area (Å²) in [5.41, 5.74) is 8.05. The Balaban J connectivity index is 2.37. The zero-order valence-corrected chi connectivity index (χ0v) is 11.2. The van der Waals surface area contributed by atoms with E-state index in [-0.39, 0.29) is 11.5 Å².